The number of nitrogens with zero attached hydrogens (tertiary/aromatic N) is 5. The number of piperidine rings is 1. The van der Waals surface area contributed by atoms with E-state index >= 15 is 0 Å². The number of aliphatic imine (C=N–C) groups is 1. The van der Waals surface area contributed by atoms with Gasteiger partial charge in [-0.2, -0.15) is 0 Å². The molecule has 5 rings (SSSR count). The minimum Gasteiger partial charge on any atom is -0.384 e. The van der Waals surface area contributed by atoms with Gasteiger partial charge in [0, 0.05) is 58.4 Å². The van der Waals surface area contributed by atoms with Crippen molar-refractivity contribution in [2.24, 2.45) is 10.4 Å². The molecule has 2 N–H and O–H groups in total. The van der Waals surface area contributed by atoms with Gasteiger partial charge in [0.05, 0.1) is 22.8 Å². The van der Waals surface area contributed by atoms with Crippen LogP contribution in [-0.2, 0) is 13.0 Å². The molecule has 1 aromatic carbocycles. The molecule has 0 radical (unpaired) electrons. The highest BCUT2D eigenvalue weighted by Crippen LogP contribution is 2.50. The van der Waals surface area contributed by atoms with Gasteiger partial charge in [-0.25, -0.2) is 9.97 Å². The molecule has 0 unspecified atom stereocenters. The third-order valence-electron chi connectivity index (χ3n) is 8.85. The lowest BCUT2D eigenvalue weighted by atomic mass is 9.60. The zero-order valence-electron chi connectivity index (χ0n) is 23.2. The number of likely N-dealkylation sites (tertiary alicyclic amines) is 1. The van der Waals surface area contributed by atoms with Gasteiger partial charge >= 0.3 is 0 Å². The maximum atomic E-state index is 4.49. The summed E-state index contributed by atoms with van der Waals surface area (Å²) in [6.45, 7) is 16.9. The summed E-state index contributed by atoms with van der Waals surface area (Å²) in [7, 11) is 1.84. The molecule has 1 saturated carbocycles. The fourth-order valence-corrected chi connectivity index (χ4v) is 6.29. The maximum Gasteiger partial charge on any atom is 0.130 e. The van der Waals surface area contributed by atoms with Gasteiger partial charge in [-0.15, -0.1) is 0 Å². The fraction of sp³-hybridized carbons (Fsp3) is 0.516. The summed E-state index contributed by atoms with van der Waals surface area (Å²) in [4.78, 5) is 18.2. The van der Waals surface area contributed by atoms with Crippen molar-refractivity contribution in [1.29, 1.82) is 0 Å². The zero-order chi connectivity index (χ0) is 26.5. The van der Waals surface area contributed by atoms with E-state index in [2.05, 4.69) is 72.8 Å². The van der Waals surface area contributed by atoms with Crippen LogP contribution in [0.4, 0.5) is 5.82 Å². The average molecular weight is 514 g/mol. The first-order valence-electron chi connectivity index (χ1n) is 14.1. The van der Waals surface area contributed by atoms with Crippen LogP contribution < -0.4 is 10.6 Å². The van der Waals surface area contributed by atoms with E-state index in [4.69, 9.17) is 0 Å². The lowest BCUT2D eigenvalue weighted by Crippen LogP contribution is -2.51. The van der Waals surface area contributed by atoms with Crippen LogP contribution in [0.5, 0.6) is 0 Å². The molecule has 7 heteroatoms. The summed E-state index contributed by atoms with van der Waals surface area (Å²) < 4.78 is 0. The van der Waals surface area contributed by atoms with E-state index in [0.717, 1.165) is 80.7 Å². The van der Waals surface area contributed by atoms with Crippen molar-refractivity contribution in [3.8, 4) is 0 Å². The van der Waals surface area contributed by atoms with Gasteiger partial charge in [-0.3, -0.25) is 9.89 Å². The van der Waals surface area contributed by atoms with Crippen molar-refractivity contribution in [3.05, 3.63) is 72.3 Å². The second-order valence-corrected chi connectivity index (χ2v) is 11.3. The third-order valence-corrected chi connectivity index (χ3v) is 8.85. The molecule has 1 saturated heterocycles. The normalized spacial score (nSPS) is 19.5. The van der Waals surface area contributed by atoms with Gasteiger partial charge < -0.3 is 15.5 Å². The molecule has 2 fully saturated rings. The van der Waals surface area contributed by atoms with Crippen LogP contribution in [0.1, 0.15) is 55.8 Å². The summed E-state index contributed by atoms with van der Waals surface area (Å²) in [5.74, 6) is 0.894. The largest absolute Gasteiger partial charge is 0.384 e. The Morgan fingerprint density at radius 2 is 1.87 bits per heavy atom. The lowest BCUT2D eigenvalue weighted by Gasteiger charge is -2.53. The summed E-state index contributed by atoms with van der Waals surface area (Å²) in [6.07, 6.45) is 8.73. The first kappa shape index (κ1) is 26.4. The van der Waals surface area contributed by atoms with Gasteiger partial charge in [0.2, 0.25) is 0 Å². The second-order valence-electron chi connectivity index (χ2n) is 11.3. The number of rotatable bonds is 10. The van der Waals surface area contributed by atoms with Crippen LogP contribution in [0, 0.1) is 5.41 Å². The second kappa shape index (κ2) is 11.7. The minimum absolute atomic E-state index is 0.461. The maximum absolute atomic E-state index is 4.49. The van der Waals surface area contributed by atoms with E-state index in [1.807, 2.05) is 20.0 Å². The highest BCUT2D eigenvalue weighted by atomic mass is 15.2. The fourth-order valence-electron chi connectivity index (χ4n) is 6.29. The molecule has 0 atom stereocenters. The van der Waals surface area contributed by atoms with Crippen molar-refractivity contribution in [2.45, 2.75) is 58.0 Å². The Kier molecular flexibility index (Phi) is 8.12. The highest BCUT2D eigenvalue weighted by Gasteiger charge is 2.46. The van der Waals surface area contributed by atoms with Crippen molar-refractivity contribution in [3.63, 3.8) is 0 Å². The molecule has 0 bridgehead atoms. The van der Waals surface area contributed by atoms with Crippen molar-refractivity contribution in [1.82, 2.24) is 25.1 Å². The third kappa shape index (κ3) is 6.09. The van der Waals surface area contributed by atoms with Crippen molar-refractivity contribution < 1.29 is 0 Å². The molecule has 0 amide bonds. The molecule has 7 nitrogen and oxygen atoms in total. The van der Waals surface area contributed by atoms with E-state index in [1.54, 1.807) is 6.33 Å². The minimum atomic E-state index is 0.461. The van der Waals surface area contributed by atoms with Gasteiger partial charge in [0.25, 0.3) is 0 Å². The van der Waals surface area contributed by atoms with E-state index in [-0.39, 0.29) is 0 Å². The molecule has 38 heavy (non-hydrogen) atoms. The number of allylic oxidation sites excluding steroid dienone is 1. The number of anilines is 1. The van der Waals surface area contributed by atoms with Crippen LogP contribution in [0.3, 0.4) is 0 Å². The molecule has 2 aliphatic heterocycles. The van der Waals surface area contributed by atoms with Crippen LogP contribution in [0.25, 0.3) is 5.70 Å². The summed E-state index contributed by atoms with van der Waals surface area (Å²) in [6, 6.07) is 11.3. The van der Waals surface area contributed by atoms with Gasteiger partial charge in [-0.05, 0) is 62.0 Å². The van der Waals surface area contributed by atoms with E-state index in [0.29, 0.717) is 11.5 Å². The smallest absolute Gasteiger partial charge is 0.130 e. The van der Waals surface area contributed by atoms with Crippen LogP contribution in [0.2, 0.25) is 0 Å². The Bertz CT molecular complexity index is 1170. The molecule has 3 aliphatic rings. The monoisotopic (exact) mass is 513 g/mol. The zero-order valence-corrected chi connectivity index (χ0v) is 23.2. The first-order chi connectivity index (χ1) is 18.4. The summed E-state index contributed by atoms with van der Waals surface area (Å²) in [5, 5.41) is 7.13. The number of fused-ring (bicyclic) bond motifs is 1. The molecule has 1 aliphatic carbocycles. The molecule has 2 aromatic rings. The number of aromatic nitrogens is 2. The number of benzene rings is 1. The highest BCUT2D eigenvalue weighted by molar-refractivity contribution is 5.97. The molecular formula is C31H43N7. The molecular weight excluding hydrogens is 470 g/mol. The Balaban J connectivity index is 1.02. The van der Waals surface area contributed by atoms with Crippen LogP contribution in [0.15, 0.2) is 60.5 Å². The molecule has 1 aromatic heterocycles. The van der Waals surface area contributed by atoms with Crippen molar-refractivity contribution in [2.75, 3.05) is 45.1 Å². The van der Waals surface area contributed by atoms with Crippen LogP contribution in [-0.4, -0.2) is 71.3 Å². The van der Waals surface area contributed by atoms with Gasteiger partial charge in [0.1, 0.15) is 12.1 Å². The van der Waals surface area contributed by atoms with E-state index in [1.165, 1.54) is 36.8 Å². The topological polar surface area (TPSA) is 68.7 Å². The molecule has 202 valence electrons. The predicted molar refractivity (Wildman–Crippen MR) is 157 cm³/mol. The van der Waals surface area contributed by atoms with E-state index in [9.17, 15) is 0 Å². The van der Waals surface area contributed by atoms with Gasteiger partial charge in [0.15, 0.2) is 0 Å². The first-order valence-corrected chi connectivity index (χ1v) is 14.1. The predicted octanol–water partition coefficient (Wildman–Crippen LogP) is 4.75. The number of hydrogen-bond donors (Lipinski definition) is 2. The Labute approximate surface area is 228 Å². The molecule has 3 heterocycles. The van der Waals surface area contributed by atoms with E-state index < -0.39 is 0 Å². The quantitative estimate of drug-likeness (QED) is 0.353. The summed E-state index contributed by atoms with van der Waals surface area (Å²) >= 11 is 0. The Morgan fingerprint density at radius 1 is 1.11 bits per heavy atom. The Morgan fingerprint density at radius 3 is 2.63 bits per heavy atom. The lowest BCUT2D eigenvalue weighted by molar-refractivity contribution is 0.0371. The molecule has 1 spiro atoms. The SMILES string of the molecule is C=C(NCCCN1CCc2ccccc2C1)c1cc(NC2CC3(CCN(C(=C)/C(C)=N\C)CC3)C2)ncn1. The summed E-state index contributed by atoms with van der Waals surface area (Å²) in [5.41, 5.74) is 7.29. The standard InChI is InChI=1S/C31H43N7/c1-23(32-4)25(3)38-16-11-31(12-17-38)19-28(20-31)36-30-18-29(34-22-35-30)24(2)33-13-7-14-37-15-10-26-8-5-6-9-27(26)21-37/h5-6,8-9,18,22,28,33H,2-3,7,10-17,19-21H2,1,4H3,(H,34,35,36)/b32-23-. The average Bonchev–Trinajstić information content (AvgIpc) is 2.94. The number of nitrogens with one attached hydrogen (secondary N) is 2. The van der Waals surface area contributed by atoms with Crippen LogP contribution >= 0.6 is 0 Å². The Hall–Kier alpha value is -3.19. The number of hydrogen-bond acceptors (Lipinski definition) is 7. The van der Waals surface area contributed by atoms with Crippen molar-refractivity contribution >= 4 is 17.2 Å². The van der Waals surface area contributed by atoms with Gasteiger partial charge in [-0.1, -0.05) is 37.4 Å².